The topological polar surface area (TPSA) is 36.9 Å². The molecule has 0 heterocycles. The molecule has 1 N–H and O–H groups in total. The van der Waals surface area contributed by atoms with Crippen molar-refractivity contribution in [2.45, 2.75) is 39.0 Å². The highest BCUT2D eigenvalue weighted by atomic mass is 127. The van der Waals surface area contributed by atoms with E-state index >= 15 is 0 Å². The molecule has 0 spiro atoms. The molecule has 0 aromatic heterocycles. The van der Waals surface area contributed by atoms with Crippen molar-refractivity contribution in [1.82, 2.24) is 10.2 Å². The van der Waals surface area contributed by atoms with E-state index in [2.05, 4.69) is 29.2 Å². The molecule has 0 aromatic carbocycles. The lowest BCUT2D eigenvalue weighted by molar-refractivity contribution is 0.192. The monoisotopic (exact) mass is 371 g/mol. The Morgan fingerprint density at radius 3 is 2.50 bits per heavy atom. The maximum atomic E-state index is 5.02. The molecule has 0 aliphatic heterocycles. The highest BCUT2D eigenvalue weighted by Crippen LogP contribution is 1.96. The molecule has 0 amide bonds. The van der Waals surface area contributed by atoms with Crippen LogP contribution in [-0.2, 0) is 4.74 Å². The summed E-state index contributed by atoms with van der Waals surface area (Å²) in [6.07, 6.45) is 5.95. The molecule has 0 rings (SSSR count). The van der Waals surface area contributed by atoms with E-state index in [-0.39, 0.29) is 24.0 Å². The second-order valence-corrected chi connectivity index (χ2v) is 4.30. The lowest BCUT2D eigenvalue weighted by Gasteiger charge is -2.21. The summed E-state index contributed by atoms with van der Waals surface area (Å²) in [5.41, 5.74) is 0. The number of rotatable bonds is 9. The smallest absolute Gasteiger partial charge is 0.193 e. The van der Waals surface area contributed by atoms with Crippen LogP contribution in [0.1, 0.15) is 39.0 Å². The van der Waals surface area contributed by atoms with Gasteiger partial charge in [-0.1, -0.05) is 13.3 Å². The van der Waals surface area contributed by atoms with Crippen LogP contribution >= 0.6 is 24.0 Å². The molecule has 0 fully saturated rings. The molecule has 0 atom stereocenters. The number of unbranched alkanes of at least 4 members (excludes halogenated alkanes) is 3. The first-order chi connectivity index (χ1) is 8.26. The molecule has 0 radical (unpaired) electrons. The van der Waals surface area contributed by atoms with Crippen molar-refractivity contribution in [3.63, 3.8) is 0 Å². The minimum absolute atomic E-state index is 0. The summed E-state index contributed by atoms with van der Waals surface area (Å²) in [5.74, 6) is 1.00. The number of hydrogen-bond acceptors (Lipinski definition) is 2. The Bertz CT molecular complexity index is 201. The third-order valence-electron chi connectivity index (χ3n) is 2.73. The molecular formula is C13H30IN3O. The van der Waals surface area contributed by atoms with Gasteiger partial charge in [0.05, 0.1) is 0 Å². The van der Waals surface area contributed by atoms with E-state index < -0.39 is 0 Å². The van der Waals surface area contributed by atoms with Crippen LogP contribution in [0.3, 0.4) is 0 Å². The van der Waals surface area contributed by atoms with Crippen molar-refractivity contribution >= 4 is 29.9 Å². The Morgan fingerprint density at radius 1 is 1.22 bits per heavy atom. The SMILES string of the molecule is CCCCN(C)C(=NC)NCCCCCOC.I. The minimum atomic E-state index is 0. The van der Waals surface area contributed by atoms with Crippen LogP contribution in [0.25, 0.3) is 0 Å². The van der Waals surface area contributed by atoms with E-state index in [1.165, 1.54) is 25.7 Å². The lowest BCUT2D eigenvalue weighted by Crippen LogP contribution is -2.39. The van der Waals surface area contributed by atoms with Crippen LogP contribution in [0, 0.1) is 0 Å². The van der Waals surface area contributed by atoms with Crippen LogP contribution < -0.4 is 5.32 Å². The van der Waals surface area contributed by atoms with Gasteiger partial charge < -0.3 is 15.0 Å². The van der Waals surface area contributed by atoms with Gasteiger partial charge in [-0.25, -0.2) is 0 Å². The average Bonchev–Trinajstić information content (AvgIpc) is 2.35. The van der Waals surface area contributed by atoms with Crippen LogP contribution in [0.5, 0.6) is 0 Å². The zero-order chi connectivity index (χ0) is 12.9. The van der Waals surface area contributed by atoms with Gasteiger partial charge in [0.1, 0.15) is 0 Å². The molecule has 0 unspecified atom stereocenters. The molecular weight excluding hydrogens is 341 g/mol. The Morgan fingerprint density at radius 2 is 1.94 bits per heavy atom. The third kappa shape index (κ3) is 11.1. The Labute approximate surface area is 130 Å². The van der Waals surface area contributed by atoms with Crippen LogP contribution in [0.2, 0.25) is 0 Å². The van der Waals surface area contributed by atoms with Crippen molar-refractivity contribution in [1.29, 1.82) is 0 Å². The van der Waals surface area contributed by atoms with Gasteiger partial charge in [0.15, 0.2) is 5.96 Å². The summed E-state index contributed by atoms with van der Waals surface area (Å²) >= 11 is 0. The van der Waals surface area contributed by atoms with Crippen molar-refractivity contribution in [3.8, 4) is 0 Å². The predicted molar refractivity (Wildman–Crippen MR) is 90.0 cm³/mol. The minimum Gasteiger partial charge on any atom is -0.385 e. The van der Waals surface area contributed by atoms with E-state index in [4.69, 9.17) is 4.74 Å². The van der Waals surface area contributed by atoms with Gasteiger partial charge >= 0.3 is 0 Å². The molecule has 0 saturated heterocycles. The lowest BCUT2D eigenvalue weighted by atomic mass is 10.2. The summed E-state index contributed by atoms with van der Waals surface area (Å²) in [6.45, 7) is 5.14. The number of ether oxygens (including phenoxy) is 1. The standard InChI is InChI=1S/C13H29N3O.HI/c1-5-6-11-16(3)13(14-2)15-10-8-7-9-12-17-4;/h5-12H2,1-4H3,(H,14,15);1H. The Kier molecular flexibility index (Phi) is 16.9. The number of nitrogens with one attached hydrogen (secondary N) is 1. The molecule has 110 valence electrons. The van der Waals surface area contributed by atoms with Crippen molar-refractivity contribution in [2.75, 3.05) is 40.9 Å². The fraction of sp³-hybridized carbons (Fsp3) is 0.923. The molecule has 0 saturated carbocycles. The van der Waals surface area contributed by atoms with Crippen molar-refractivity contribution in [2.24, 2.45) is 4.99 Å². The maximum absolute atomic E-state index is 5.02. The molecule has 5 heteroatoms. The van der Waals surface area contributed by atoms with Gasteiger partial charge in [-0.15, -0.1) is 24.0 Å². The molecule has 0 aliphatic rings. The van der Waals surface area contributed by atoms with Gasteiger partial charge in [-0.2, -0.15) is 0 Å². The quantitative estimate of drug-likeness (QED) is 0.293. The molecule has 4 nitrogen and oxygen atoms in total. The van der Waals surface area contributed by atoms with E-state index in [1.54, 1.807) is 7.11 Å². The maximum Gasteiger partial charge on any atom is 0.193 e. The van der Waals surface area contributed by atoms with Gasteiger partial charge in [0, 0.05) is 40.9 Å². The molecule has 0 aliphatic carbocycles. The van der Waals surface area contributed by atoms with Gasteiger partial charge in [0.25, 0.3) is 0 Å². The van der Waals surface area contributed by atoms with Crippen molar-refractivity contribution < 1.29 is 4.74 Å². The number of nitrogens with zero attached hydrogens (tertiary/aromatic N) is 2. The van der Waals surface area contributed by atoms with E-state index in [9.17, 15) is 0 Å². The Hall–Kier alpha value is -0.0400. The summed E-state index contributed by atoms with van der Waals surface area (Å²) in [6, 6.07) is 0. The summed E-state index contributed by atoms with van der Waals surface area (Å²) in [5, 5.41) is 3.39. The Balaban J connectivity index is 0. The van der Waals surface area contributed by atoms with E-state index in [0.29, 0.717) is 0 Å². The zero-order valence-corrected chi connectivity index (χ0v) is 14.7. The number of halogens is 1. The number of hydrogen-bond donors (Lipinski definition) is 1. The molecule has 0 aromatic rings. The number of aliphatic imine (C=N–C) groups is 1. The first-order valence-corrected chi connectivity index (χ1v) is 6.67. The second-order valence-electron chi connectivity index (χ2n) is 4.30. The molecule has 18 heavy (non-hydrogen) atoms. The summed E-state index contributed by atoms with van der Waals surface area (Å²) < 4.78 is 5.02. The highest BCUT2D eigenvalue weighted by Gasteiger charge is 2.03. The normalized spacial score (nSPS) is 11.0. The summed E-state index contributed by atoms with van der Waals surface area (Å²) in [7, 11) is 5.69. The van der Waals surface area contributed by atoms with Crippen molar-refractivity contribution in [3.05, 3.63) is 0 Å². The third-order valence-corrected chi connectivity index (χ3v) is 2.73. The average molecular weight is 371 g/mol. The first kappa shape index (κ1) is 20.3. The van der Waals surface area contributed by atoms with Gasteiger partial charge in [0.2, 0.25) is 0 Å². The van der Waals surface area contributed by atoms with Gasteiger partial charge in [-0.05, 0) is 25.7 Å². The van der Waals surface area contributed by atoms with E-state index in [1.807, 2.05) is 7.05 Å². The zero-order valence-electron chi connectivity index (χ0n) is 12.4. The largest absolute Gasteiger partial charge is 0.385 e. The fourth-order valence-electron chi connectivity index (χ4n) is 1.63. The number of guanidine groups is 1. The van der Waals surface area contributed by atoms with Crippen LogP contribution in [-0.4, -0.2) is 51.8 Å². The van der Waals surface area contributed by atoms with E-state index in [0.717, 1.165) is 32.1 Å². The van der Waals surface area contributed by atoms with Gasteiger partial charge in [-0.3, -0.25) is 4.99 Å². The van der Waals surface area contributed by atoms with Crippen LogP contribution in [0.4, 0.5) is 0 Å². The number of methoxy groups -OCH3 is 1. The second kappa shape index (κ2) is 15.0. The predicted octanol–water partition coefficient (Wildman–Crippen LogP) is 2.73. The fourth-order valence-corrected chi connectivity index (χ4v) is 1.63. The first-order valence-electron chi connectivity index (χ1n) is 6.67. The van der Waals surface area contributed by atoms with Crippen LogP contribution in [0.15, 0.2) is 4.99 Å². The highest BCUT2D eigenvalue weighted by molar-refractivity contribution is 14.0. The summed E-state index contributed by atoms with van der Waals surface area (Å²) in [4.78, 5) is 6.47. The molecule has 0 bridgehead atoms.